The van der Waals surface area contributed by atoms with Gasteiger partial charge >= 0.3 is 24.3 Å². The largest absolute Gasteiger partial charge is 0.449 e. The molecule has 0 heterocycles. The molecular weight excluding hydrogens is 322 g/mol. The van der Waals surface area contributed by atoms with Crippen molar-refractivity contribution in [2.45, 2.75) is 12.4 Å². The van der Waals surface area contributed by atoms with Gasteiger partial charge in [0.25, 0.3) is 0 Å². The van der Waals surface area contributed by atoms with Gasteiger partial charge in [-0.05, 0) is 0 Å². The molecule has 22 heavy (non-hydrogen) atoms. The van der Waals surface area contributed by atoms with Crippen molar-refractivity contribution < 1.29 is 45.4 Å². The highest BCUT2D eigenvalue weighted by atomic mass is 19.4. The summed E-state index contributed by atoms with van der Waals surface area (Å²) in [6.07, 6.45) is -9.89. The zero-order valence-electron chi connectivity index (χ0n) is 10.7. The molecule has 0 fully saturated rings. The first-order valence-corrected chi connectivity index (χ1v) is 5.19. The summed E-state index contributed by atoms with van der Waals surface area (Å²) in [6, 6.07) is 0. The fourth-order valence-electron chi connectivity index (χ4n) is 0.711. The van der Waals surface area contributed by atoms with Gasteiger partial charge in [0, 0.05) is 0 Å². The van der Waals surface area contributed by atoms with Crippen LogP contribution in [-0.4, -0.2) is 37.5 Å². The first-order chi connectivity index (χ1) is 9.87. The Morgan fingerprint density at radius 3 is 1.27 bits per heavy atom. The Balaban J connectivity index is 4.16. The van der Waals surface area contributed by atoms with Crippen LogP contribution in [0, 0.1) is 11.8 Å². The average Bonchev–Trinajstić information content (AvgIpc) is 2.38. The van der Waals surface area contributed by atoms with Crippen LogP contribution in [-0.2, 0) is 19.1 Å². The Morgan fingerprint density at radius 2 is 1.05 bits per heavy atom. The van der Waals surface area contributed by atoms with Crippen LogP contribution in [0.1, 0.15) is 0 Å². The van der Waals surface area contributed by atoms with E-state index in [2.05, 4.69) is 22.6 Å². The van der Waals surface area contributed by atoms with Crippen LogP contribution in [0.2, 0.25) is 0 Å². The Hall–Kier alpha value is -2.44. The zero-order chi connectivity index (χ0) is 17.6. The minimum atomic E-state index is -4.95. The predicted molar refractivity (Wildman–Crippen MR) is 60.1 cm³/mol. The van der Waals surface area contributed by atoms with Crippen molar-refractivity contribution in [1.29, 1.82) is 0 Å². The van der Waals surface area contributed by atoms with Gasteiger partial charge in [-0.25, -0.2) is 9.59 Å². The lowest BCUT2D eigenvalue weighted by Crippen LogP contribution is -2.21. The molecule has 0 unspecified atom stereocenters. The summed E-state index contributed by atoms with van der Waals surface area (Å²) in [5.41, 5.74) is -3.47. The molecule has 0 aliphatic carbocycles. The summed E-state index contributed by atoms with van der Waals surface area (Å²) in [6.45, 7) is 3.37. The number of rotatable bonds is 4. The number of esters is 2. The molecule has 0 radical (unpaired) electrons. The minimum absolute atomic E-state index is 0.786. The molecular formula is C12H8F6O4. The van der Waals surface area contributed by atoms with Crippen LogP contribution in [0.3, 0.4) is 0 Å². The highest BCUT2D eigenvalue weighted by Crippen LogP contribution is 2.25. The molecule has 0 aromatic heterocycles. The van der Waals surface area contributed by atoms with Gasteiger partial charge in [0.2, 0.25) is 0 Å². The van der Waals surface area contributed by atoms with Gasteiger partial charge in [-0.15, -0.1) is 0 Å². The number of halogens is 6. The van der Waals surface area contributed by atoms with E-state index >= 15 is 0 Å². The molecule has 0 spiro atoms. The number of hydrogen-bond donors (Lipinski definition) is 0. The maximum atomic E-state index is 12.0. The van der Waals surface area contributed by atoms with E-state index in [0.717, 1.165) is 0 Å². The van der Waals surface area contributed by atoms with E-state index < -0.39 is 48.7 Å². The number of ether oxygens (including phenoxy) is 2. The molecule has 0 amide bonds. The first kappa shape index (κ1) is 19.6. The predicted octanol–water partition coefficient (Wildman–Crippen LogP) is 2.31. The van der Waals surface area contributed by atoms with E-state index in [1.54, 1.807) is 0 Å². The van der Waals surface area contributed by atoms with Crippen molar-refractivity contribution in [2.75, 3.05) is 13.2 Å². The number of carbonyl (C=O) groups excluding carboxylic acids is 2. The molecule has 10 heteroatoms. The molecule has 0 rings (SSSR count). The van der Waals surface area contributed by atoms with Crippen molar-refractivity contribution in [3.8, 4) is 11.8 Å². The summed E-state index contributed by atoms with van der Waals surface area (Å²) in [5, 5.41) is 0. The maximum Gasteiger partial charge on any atom is 0.422 e. The van der Waals surface area contributed by atoms with Gasteiger partial charge in [-0.3, -0.25) is 0 Å². The van der Waals surface area contributed by atoms with Crippen LogP contribution in [0.5, 0.6) is 0 Å². The van der Waals surface area contributed by atoms with E-state index in [1.807, 2.05) is 11.8 Å². The Morgan fingerprint density at radius 1 is 0.773 bits per heavy atom. The van der Waals surface area contributed by atoms with Crippen molar-refractivity contribution >= 4 is 11.9 Å². The minimum Gasteiger partial charge on any atom is -0.449 e. The van der Waals surface area contributed by atoms with Gasteiger partial charge in [-0.2, -0.15) is 26.3 Å². The third-order valence-corrected chi connectivity index (χ3v) is 1.85. The fraction of sp³-hybridized carbons (Fsp3) is 0.333. The molecule has 4 nitrogen and oxygen atoms in total. The van der Waals surface area contributed by atoms with E-state index in [1.165, 1.54) is 0 Å². The van der Waals surface area contributed by atoms with E-state index in [4.69, 9.17) is 0 Å². The van der Waals surface area contributed by atoms with Crippen LogP contribution in [0.4, 0.5) is 26.3 Å². The van der Waals surface area contributed by atoms with Gasteiger partial charge in [0.15, 0.2) is 13.2 Å². The highest BCUT2D eigenvalue weighted by molar-refractivity contribution is 5.89. The fourth-order valence-corrected chi connectivity index (χ4v) is 0.711. The smallest absolute Gasteiger partial charge is 0.422 e. The van der Waals surface area contributed by atoms with E-state index in [0.29, 0.717) is 0 Å². The van der Waals surface area contributed by atoms with Gasteiger partial charge in [0.05, 0.1) is 0 Å². The van der Waals surface area contributed by atoms with Crippen molar-refractivity contribution in [3.05, 3.63) is 24.3 Å². The Bertz CT molecular complexity index is 487. The lowest BCUT2D eigenvalue weighted by Gasteiger charge is -2.08. The monoisotopic (exact) mass is 330 g/mol. The molecule has 0 N–H and O–H groups in total. The summed E-state index contributed by atoms with van der Waals surface area (Å²) >= 11 is 0. The Kier molecular flexibility index (Phi) is 6.70. The molecule has 0 atom stereocenters. The highest BCUT2D eigenvalue weighted by Gasteiger charge is 2.38. The molecule has 122 valence electrons. The second kappa shape index (κ2) is 7.53. The maximum absolute atomic E-state index is 12.0. The van der Waals surface area contributed by atoms with Crippen LogP contribution < -0.4 is 0 Å². The first-order valence-electron chi connectivity index (χ1n) is 5.19. The lowest BCUT2D eigenvalue weighted by atomic mass is 10.3. The van der Waals surface area contributed by atoms with Crippen molar-refractivity contribution in [2.24, 2.45) is 0 Å². The summed E-state index contributed by atoms with van der Waals surface area (Å²) in [7, 11) is 0. The molecule has 0 aliphatic heterocycles. The van der Waals surface area contributed by atoms with E-state index in [-0.39, 0.29) is 0 Å². The summed E-state index contributed by atoms with van der Waals surface area (Å²) in [4.78, 5) is 21.6. The Labute approximate surface area is 120 Å². The van der Waals surface area contributed by atoms with Gasteiger partial charge in [-0.1, -0.05) is 25.0 Å². The zero-order valence-corrected chi connectivity index (χ0v) is 10.7. The number of hydrogen-bond acceptors (Lipinski definition) is 4. The van der Waals surface area contributed by atoms with Crippen LogP contribution in [0.25, 0.3) is 0 Å². The van der Waals surface area contributed by atoms with Gasteiger partial charge in [0.1, 0.15) is 11.1 Å². The molecule has 0 saturated carbocycles. The third kappa shape index (κ3) is 6.83. The van der Waals surface area contributed by atoms with Gasteiger partial charge < -0.3 is 9.47 Å². The summed E-state index contributed by atoms with van der Waals surface area (Å²) < 4.78 is 80.1. The SMILES string of the molecule is C=C(C(=O)OCC#CCOC(=O)C(=C)C(F)(F)F)C(F)(F)F. The third-order valence-electron chi connectivity index (χ3n) is 1.85. The number of alkyl halides is 6. The van der Waals surface area contributed by atoms with Crippen LogP contribution >= 0.6 is 0 Å². The average molecular weight is 330 g/mol. The molecule has 0 aliphatic rings. The lowest BCUT2D eigenvalue weighted by molar-refractivity contribution is -0.151. The molecule has 0 aromatic rings. The molecule has 0 bridgehead atoms. The normalized spacial score (nSPS) is 11.0. The second-order valence-electron chi connectivity index (χ2n) is 3.46. The standard InChI is InChI=1S/C12H8F6O4/c1-7(11(13,14)15)9(19)21-5-3-4-6-22-10(20)8(2)12(16,17)18/h1-2,5-6H2. The number of carbonyl (C=O) groups is 2. The quantitative estimate of drug-likeness (QED) is 0.344. The molecule has 0 saturated heterocycles. The van der Waals surface area contributed by atoms with Crippen molar-refractivity contribution in [1.82, 2.24) is 0 Å². The van der Waals surface area contributed by atoms with E-state index in [9.17, 15) is 35.9 Å². The van der Waals surface area contributed by atoms with Crippen LogP contribution in [0.15, 0.2) is 24.3 Å². The molecule has 0 aromatic carbocycles. The summed E-state index contributed by atoms with van der Waals surface area (Å²) in [5.74, 6) is 0.440. The van der Waals surface area contributed by atoms with Crippen molar-refractivity contribution in [3.63, 3.8) is 0 Å². The second-order valence-corrected chi connectivity index (χ2v) is 3.46. The topological polar surface area (TPSA) is 52.6 Å².